The molecule has 0 aliphatic carbocycles. The lowest BCUT2D eigenvalue weighted by molar-refractivity contribution is 0.0918. The van der Waals surface area contributed by atoms with Crippen LogP contribution >= 0.6 is 24.0 Å². The lowest BCUT2D eigenvalue weighted by Crippen LogP contribution is -2.23. The molecule has 0 aliphatic rings. The number of aliphatic hydroxyl groups excluding tert-OH is 1. The molecule has 0 radical (unpaired) electrons. The number of benzene rings is 2. The standard InChI is InChI=1S/C18H23N3O3.HI/c19-18(20-10-5-12-23-13-11-22)21-15-6-4-9-17(14-15)24-16-7-2-1-3-8-16;/h1-4,6-9,14,22H,5,10-13H2,(H3,19,20,21);1H. The summed E-state index contributed by atoms with van der Waals surface area (Å²) in [6.45, 7) is 1.50. The van der Waals surface area contributed by atoms with Crippen molar-refractivity contribution >= 4 is 35.6 Å². The highest BCUT2D eigenvalue weighted by Crippen LogP contribution is 2.23. The van der Waals surface area contributed by atoms with Gasteiger partial charge in [0.05, 0.1) is 13.2 Å². The first-order chi connectivity index (χ1) is 11.8. The van der Waals surface area contributed by atoms with Gasteiger partial charge in [0.2, 0.25) is 0 Å². The predicted octanol–water partition coefficient (Wildman–Crippen LogP) is 3.22. The summed E-state index contributed by atoms with van der Waals surface area (Å²) in [5, 5.41) is 11.6. The van der Waals surface area contributed by atoms with E-state index < -0.39 is 0 Å². The number of para-hydroxylation sites is 1. The van der Waals surface area contributed by atoms with E-state index in [2.05, 4.69) is 10.3 Å². The van der Waals surface area contributed by atoms with Crippen LogP contribution in [0.4, 0.5) is 5.69 Å². The molecular weight excluding hydrogens is 433 g/mol. The SMILES string of the molecule is I.NC(=NCCCOCCO)Nc1cccc(Oc2ccccc2)c1. The van der Waals surface area contributed by atoms with Gasteiger partial charge in [-0.3, -0.25) is 4.99 Å². The third kappa shape index (κ3) is 8.71. The number of ether oxygens (including phenoxy) is 2. The van der Waals surface area contributed by atoms with Gasteiger partial charge >= 0.3 is 0 Å². The van der Waals surface area contributed by atoms with Gasteiger partial charge in [-0.05, 0) is 30.7 Å². The molecule has 7 heteroatoms. The number of anilines is 1. The van der Waals surface area contributed by atoms with E-state index in [1.54, 1.807) is 0 Å². The van der Waals surface area contributed by atoms with Gasteiger partial charge in [-0.15, -0.1) is 24.0 Å². The molecule has 25 heavy (non-hydrogen) atoms. The van der Waals surface area contributed by atoms with Gasteiger partial charge in [0.15, 0.2) is 5.96 Å². The second kappa shape index (κ2) is 12.5. The third-order valence-corrected chi connectivity index (χ3v) is 3.05. The minimum atomic E-state index is 0. The van der Waals surface area contributed by atoms with Crippen molar-refractivity contribution in [3.8, 4) is 11.5 Å². The number of aliphatic imine (C=N–C) groups is 1. The zero-order valence-electron chi connectivity index (χ0n) is 13.9. The molecule has 136 valence electrons. The largest absolute Gasteiger partial charge is 0.457 e. The first kappa shape index (κ1) is 21.2. The van der Waals surface area contributed by atoms with E-state index in [9.17, 15) is 0 Å². The minimum Gasteiger partial charge on any atom is -0.457 e. The van der Waals surface area contributed by atoms with Crippen LogP contribution in [0.25, 0.3) is 0 Å². The molecule has 0 heterocycles. The van der Waals surface area contributed by atoms with Crippen molar-refractivity contribution in [3.63, 3.8) is 0 Å². The van der Waals surface area contributed by atoms with Gasteiger partial charge in [-0.2, -0.15) is 0 Å². The van der Waals surface area contributed by atoms with Crippen molar-refractivity contribution in [2.45, 2.75) is 6.42 Å². The first-order valence-corrected chi connectivity index (χ1v) is 7.86. The van der Waals surface area contributed by atoms with Crippen LogP contribution in [-0.2, 0) is 4.74 Å². The van der Waals surface area contributed by atoms with Crippen molar-refractivity contribution in [1.29, 1.82) is 0 Å². The monoisotopic (exact) mass is 457 g/mol. The second-order valence-electron chi connectivity index (χ2n) is 5.02. The number of hydrogen-bond donors (Lipinski definition) is 3. The third-order valence-electron chi connectivity index (χ3n) is 3.05. The number of nitrogens with one attached hydrogen (secondary N) is 1. The number of nitrogens with two attached hydrogens (primary N) is 1. The number of guanidine groups is 1. The summed E-state index contributed by atoms with van der Waals surface area (Å²) in [6.07, 6.45) is 0.750. The van der Waals surface area contributed by atoms with E-state index >= 15 is 0 Å². The summed E-state index contributed by atoms with van der Waals surface area (Å²) in [4.78, 5) is 4.23. The molecule has 0 fully saturated rings. The Morgan fingerprint density at radius 3 is 2.56 bits per heavy atom. The molecular formula is C18H24IN3O3. The summed E-state index contributed by atoms with van der Waals surface area (Å²) in [5.74, 6) is 1.84. The summed E-state index contributed by atoms with van der Waals surface area (Å²) in [5.41, 5.74) is 6.67. The Bertz CT molecular complexity index is 638. The molecule has 2 rings (SSSR count). The van der Waals surface area contributed by atoms with E-state index in [1.165, 1.54) is 0 Å². The topological polar surface area (TPSA) is 89.1 Å². The minimum absolute atomic E-state index is 0. The fourth-order valence-corrected chi connectivity index (χ4v) is 1.98. The Morgan fingerprint density at radius 1 is 1.04 bits per heavy atom. The molecule has 0 atom stereocenters. The molecule has 4 N–H and O–H groups in total. The van der Waals surface area contributed by atoms with Gasteiger partial charge in [-0.25, -0.2) is 0 Å². The van der Waals surface area contributed by atoms with E-state index in [-0.39, 0.29) is 30.6 Å². The predicted molar refractivity (Wildman–Crippen MR) is 111 cm³/mol. The molecule has 0 spiro atoms. The zero-order valence-corrected chi connectivity index (χ0v) is 16.3. The van der Waals surface area contributed by atoms with Crippen molar-refractivity contribution in [2.75, 3.05) is 31.7 Å². The van der Waals surface area contributed by atoms with Crippen LogP contribution in [0.5, 0.6) is 11.5 Å². The van der Waals surface area contributed by atoms with Crippen LogP contribution in [-0.4, -0.2) is 37.4 Å². The van der Waals surface area contributed by atoms with Gasteiger partial charge in [0.1, 0.15) is 11.5 Å². The fourth-order valence-electron chi connectivity index (χ4n) is 1.98. The second-order valence-corrected chi connectivity index (χ2v) is 5.02. The molecule has 0 aromatic heterocycles. The first-order valence-electron chi connectivity index (χ1n) is 7.86. The fraction of sp³-hybridized carbons (Fsp3) is 0.278. The van der Waals surface area contributed by atoms with E-state index in [0.29, 0.717) is 25.7 Å². The number of aliphatic hydroxyl groups is 1. The number of hydrogen-bond acceptors (Lipinski definition) is 4. The average Bonchev–Trinajstić information content (AvgIpc) is 2.59. The van der Waals surface area contributed by atoms with Crippen LogP contribution in [0.15, 0.2) is 59.6 Å². The Balaban J connectivity index is 0.00000312. The van der Waals surface area contributed by atoms with Crippen molar-refractivity contribution < 1.29 is 14.6 Å². The van der Waals surface area contributed by atoms with E-state index in [4.69, 9.17) is 20.3 Å². The summed E-state index contributed by atoms with van der Waals surface area (Å²) < 4.78 is 10.9. The molecule has 2 aromatic rings. The Morgan fingerprint density at radius 2 is 1.80 bits per heavy atom. The smallest absolute Gasteiger partial charge is 0.193 e. The van der Waals surface area contributed by atoms with Crippen LogP contribution in [0, 0.1) is 0 Å². The molecule has 0 bridgehead atoms. The van der Waals surface area contributed by atoms with Gasteiger partial charge in [-0.1, -0.05) is 24.3 Å². The molecule has 0 aliphatic heterocycles. The Hall–Kier alpha value is -1.84. The highest BCUT2D eigenvalue weighted by Gasteiger charge is 2.00. The molecule has 0 saturated heterocycles. The average molecular weight is 457 g/mol. The van der Waals surface area contributed by atoms with Crippen LogP contribution in [0.2, 0.25) is 0 Å². The van der Waals surface area contributed by atoms with Crippen LogP contribution in [0.1, 0.15) is 6.42 Å². The van der Waals surface area contributed by atoms with Crippen molar-refractivity contribution in [1.82, 2.24) is 0 Å². The zero-order chi connectivity index (χ0) is 17.0. The molecule has 6 nitrogen and oxygen atoms in total. The highest BCUT2D eigenvalue weighted by molar-refractivity contribution is 14.0. The lowest BCUT2D eigenvalue weighted by atomic mass is 10.3. The molecule has 0 saturated carbocycles. The quantitative estimate of drug-likeness (QED) is 0.233. The van der Waals surface area contributed by atoms with Crippen LogP contribution < -0.4 is 15.8 Å². The normalized spacial score (nSPS) is 10.8. The van der Waals surface area contributed by atoms with E-state index in [0.717, 1.165) is 23.6 Å². The molecule has 0 unspecified atom stereocenters. The van der Waals surface area contributed by atoms with E-state index in [1.807, 2.05) is 54.6 Å². The van der Waals surface area contributed by atoms with Gasteiger partial charge in [0.25, 0.3) is 0 Å². The number of rotatable bonds is 9. The maximum Gasteiger partial charge on any atom is 0.193 e. The van der Waals surface area contributed by atoms with Crippen LogP contribution in [0.3, 0.4) is 0 Å². The summed E-state index contributed by atoms with van der Waals surface area (Å²) in [6, 6.07) is 17.1. The lowest BCUT2D eigenvalue weighted by Gasteiger charge is -2.09. The number of nitrogens with zero attached hydrogens (tertiary/aromatic N) is 1. The van der Waals surface area contributed by atoms with Crippen molar-refractivity contribution in [2.24, 2.45) is 10.7 Å². The molecule has 0 amide bonds. The summed E-state index contributed by atoms with van der Waals surface area (Å²) in [7, 11) is 0. The maximum absolute atomic E-state index is 8.60. The van der Waals surface area contributed by atoms with Gasteiger partial charge < -0.3 is 25.6 Å². The Kier molecular flexibility index (Phi) is 10.6. The van der Waals surface area contributed by atoms with Gasteiger partial charge in [0, 0.05) is 24.9 Å². The Labute approximate surface area is 165 Å². The number of halogens is 1. The highest BCUT2D eigenvalue weighted by atomic mass is 127. The van der Waals surface area contributed by atoms with Crippen molar-refractivity contribution in [3.05, 3.63) is 54.6 Å². The summed E-state index contributed by atoms with van der Waals surface area (Å²) >= 11 is 0. The molecule has 2 aromatic carbocycles. The maximum atomic E-state index is 8.60.